The van der Waals surface area contributed by atoms with Gasteiger partial charge in [0, 0.05) is 61.2 Å². The van der Waals surface area contributed by atoms with E-state index in [1.165, 1.54) is 11.8 Å². The second-order valence-corrected chi connectivity index (χ2v) is 47.7. The minimum Gasteiger partial charge on any atom is -0.507 e. The van der Waals surface area contributed by atoms with Crippen LogP contribution in [0.5, 0.6) is 34.5 Å². The van der Waals surface area contributed by atoms with Crippen molar-refractivity contribution >= 4 is 47.6 Å². The van der Waals surface area contributed by atoms with Crippen LogP contribution in [0.1, 0.15) is 387 Å². The minimum absolute atomic E-state index is 0.0240. The van der Waals surface area contributed by atoms with E-state index < -0.39 is 110 Å². The molecule has 0 saturated carbocycles. The molecule has 126 heavy (non-hydrogen) atoms. The van der Waals surface area contributed by atoms with Gasteiger partial charge in [-0.05, 0) is 205 Å². The zero-order valence-electron chi connectivity index (χ0n) is 83.1. The Morgan fingerprint density at radius 2 is 0.373 bits per heavy atom. The van der Waals surface area contributed by atoms with Crippen LogP contribution in [0.3, 0.4) is 0 Å². The Labute approximate surface area is 759 Å². The molecule has 6 aromatic rings. The lowest BCUT2D eigenvalue weighted by molar-refractivity contribution is -0.432. The molecule has 0 aliphatic carbocycles. The van der Waals surface area contributed by atoms with Crippen molar-refractivity contribution in [3.05, 3.63) is 173 Å². The summed E-state index contributed by atoms with van der Waals surface area (Å²) in [7, 11) is 0. The molecule has 6 rings (SSSR count). The molecule has 698 valence electrons. The third-order valence-corrected chi connectivity index (χ3v) is 24.5. The summed E-state index contributed by atoms with van der Waals surface area (Å²) < 4.78 is 35.8. The Bertz CT molecular complexity index is 4500. The third kappa shape index (κ3) is 29.4. The highest BCUT2D eigenvalue weighted by atomic mass is 32.2. The zero-order valence-corrected chi connectivity index (χ0v) is 84.0. The summed E-state index contributed by atoms with van der Waals surface area (Å²) in [5, 5.41) is 71.1. The fraction of sp³-hybridized carbons (Fsp3) is 0.607. The Morgan fingerprint density at radius 1 is 0.230 bits per heavy atom. The first kappa shape index (κ1) is 106. The topological polar surface area (TPSA) is 279 Å². The number of aryl methyl sites for hydroxylation is 6. The van der Waals surface area contributed by atoms with Crippen molar-refractivity contribution in [2.45, 2.75) is 396 Å². The molecule has 0 bridgehead atoms. The highest BCUT2D eigenvalue weighted by Crippen LogP contribution is 2.50. The highest BCUT2D eigenvalue weighted by molar-refractivity contribution is 7.99. The molecule has 0 amide bonds. The average molecular weight is 1760 g/mol. The Morgan fingerprint density at radius 3 is 0.532 bits per heavy atom. The molecule has 0 aromatic heterocycles. The lowest BCUT2D eigenvalue weighted by Crippen LogP contribution is -2.48. The maximum absolute atomic E-state index is 15.2. The summed E-state index contributed by atoms with van der Waals surface area (Å²) >= 11 is 1.52. The molecular weight excluding hydrogens is 1610 g/mol. The number of hydrogen-bond donors (Lipinski definition) is 6. The SMILES string of the molecule is CC(C)(C)c1cc(CCC(=O)OCCSCCOC(=O)CCc2cc(C(C)(C)C)c(O)c(C(C)(C)CCC(C)(C)c3cc(CCC(=O)OC(OC(=O)CCc4cc(C(C)(C)C)c(O)c(C(C)(C)C)c4)(OC(=O)CCc4cc(C(C)(C)C)c(O)c(C(C)(C)C)c4)OC(=O)CCc4cc(C(C)(C)C)c(O)c(C(C)(C)C)c4)cc(C(C)(C)C)c3O)c2)cc(C(C)(C)C)c1O. The first-order valence-electron chi connectivity index (χ1n) is 45.1. The van der Waals surface area contributed by atoms with Gasteiger partial charge in [0.15, 0.2) is 0 Å². The van der Waals surface area contributed by atoms with Crippen LogP contribution in [0.4, 0.5) is 0 Å². The van der Waals surface area contributed by atoms with E-state index in [1.54, 1.807) is 0 Å². The van der Waals surface area contributed by atoms with Gasteiger partial charge >= 0.3 is 42.0 Å². The van der Waals surface area contributed by atoms with Gasteiger partial charge in [-0.3, -0.25) is 28.8 Å². The fourth-order valence-electron chi connectivity index (χ4n) is 15.7. The summed E-state index contributed by atoms with van der Waals surface area (Å²) in [5.74, 6) is -3.01. The fourth-order valence-corrected chi connectivity index (χ4v) is 16.3. The van der Waals surface area contributed by atoms with Gasteiger partial charge in [-0.2, -0.15) is 11.8 Å². The molecule has 0 heterocycles. The van der Waals surface area contributed by atoms with Gasteiger partial charge < -0.3 is 59.1 Å². The van der Waals surface area contributed by atoms with Crippen LogP contribution in [-0.4, -0.2) is 97.3 Å². The van der Waals surface area contributed by atoms with Crippen molar-refractivity contribution in [3.8, 4) is 34.5 Å². The van der Waals surface area contributed by atoms with Gasteiger partial charge in [-0.15, -0.1) is 0 Å². The van der Waals surface area contributed by atoms with Crippen molar-refractivity contribution < 1.29 is 87.8 Å². The van der Waals surface area contributed by atoms with Crippen LogP contribution in [0.25, 0.3) is 0 Å². The molecule has 0 unspecified atom stereocenters. The maximum Gasteiger partial charge on any atom is 0.619 e. The third-order valence-electron chi connectivity index (χ3n) is 23.6. The monoisotopic (exact) mass is 1760 g/mol. The molecule has 0 atom stereocenters. The molecule has 6 aromatic carbocycles. The zero-order chi connectivity index (χ0) is 96.0. The number of thioether (sulfide) groups is 1. The number of aromatic hydroxyl groups is 6. The number of carbonyl (C=O) groups excluding carboxylic acids is 6. The van der Waals surface area contributed by atoms with Crippen molar-refractivity contribution in [1.82, 2.24) is 0 Å². The van der Waals surface area contributed by atoms with Gasteiger partial charge in [0.25, 0.3) is 0 Å². The average Bonchev–Trinajstić information content (AvgIpc) is 0.775. The van der Waals surface area contributed by atoms with E-state index in [9.17, 15) is 54.6 Å². The van der Waals surface area contributed by atoms with Crippen molar-refractivity contribution in [1.29, 1.82) is 0 Å². The number of esters is 6. The maximum atomic E-state index is 15.2. The van der Waals surface area contributed by atoms with Crippen LogP contribution < -0.4 is 0 Å². The number of phenols is 6. The second-order valence-electron chi connectivity index (χ2n) is 46.5. The van der Waals surface area contributed by atoms with E-state index in [-0.39, 0.29) is 103 Å². The van der Waals surface area contributed by atoms with Gasteiger partial charge in [-0.1, -0.05) is 308 Å². The smallest absolute Gasteiger partial charge is 0.507 e. The lowest BCUT2D eigenvalue weighted by Gasteiger charge is -2.35. The molecular formula is C107H156O18S. The minimum atomic E-state index is -3.44. The molecule has 6 N–H and O–H groups in total. The number of benzene rings is 6. The molecule has 0 radical (unpaired) electrons. The van der Waals surface area contributed by atoms with Gasteiger partial charge in [-0.25, -0.2) is 0 Å². The van der Waals surface area contributed by atoms with Crippen LogP contribution in [0, 0.1) is 0 Å². The van der Waals surface area contributed by atoms with Crippen LogP contribution in [-0.2, 0) is 161 Å². The van der Waals surface area contributed by atoms with E-state index in [4.69, 9.17) is 28.4 Å². The normalized spacial score (nSPS) is 13.2. The van der Waals surface area contributed by atoms with Crippen LogP contribution >= 0.6 is 11.8 Å². The molecule has 0 spiro atoms. The summed E-state index contributed by atoms with van der Waals surface area (Å²) in [5.41, 5.74) is 6.34. The predicted octanol–water partition coefficient (Wildman–Crippen LogP) is 23.9. The van der Waals surface area contributed by atoms with E-state index in [0.29, 0.717) is 115 Å². The van der Waals surface area contributed by atoms with Gasteiger partial charge in [0.05, 0.1) is 0 Å². The number of hydrogen-bond acceptors (Lipinski definition) is 19. The number of phenolic OH excluding ortho intramolecular Hbond substituents is 6. The van der Waals surface area contributed by atoms with Crippen LogP contribution in [0.2, 0.25) is 0 Å². The Kier molecular flexibility index (Phi) is 33.8. The summed E-state index contributed by atoms with van der Waals surface area (Å²) in [4.78, 5) is 86.3. The standard InChI is InChI=1S/C107H156O18S/c1-95(2,3)71-53-65(54-72(89(71)114)96(4,5)6)35-41-83(108)120-49-51-126-52-50-121-84(109)42-36-69-61-79(103(25,26)27)93(118)81(63-69)105(31,32)47-48-106(33,34)82-64-70(62-80(94(82)119)104(28,29)30)40-46-88(113)125-107(122-85(110)43-37-66-55-73(97(7,8)9)90(115)74(56-66)98(10,11)12,123-86(111)44-38-67-57-75(99(13,14)15)91(116)76(58-67)100(16,17)18)124-87(112)45-39-68-59-77(101(19,20)21)92(117)78(60-68)102(22,23)24/h53-64,114-119H,35-52H2,1-34H3. The van der Waals surface area contributed by atoms with E-state index in [1.807, 2.05) is 253 Å². The summed E-state index contributed by atoms with van der Waals surface area (Å²) in [6.45, 7) is 68.5. The number of carbonyl (C=O) groups is 6. The predicted molar refractivity (Wildman–Crippen MR) is 507 cm³/mol. The second kappa shape index (κ2) is 40.1. The van der Waals surface area contributed by atoms with Crippen LogP contribution in [0.15, 0.2) is 72.8 Å². The largest absolute Gasteiger partial charge is 0.619 e. The Balaban J connectivity index is 1.29. The van der Waals surface area contributed by atoms with E-state index in [2.05, 4.69) is 55.4 Å². The Hall–Kier alpha value is -8.71. The van der Waals surface area contributed by atoms with Crippen molar-refractivity contribution in [2.24, 2.45) is 0 Å². The summed E-state index contributed by atoms with van der Waals surface area (Å²) in [6.07, 6.45) is -2.99. The van der Waals surface area contributed by atoms with Crippen molar-refractivity contribution in [3.63, 3.8) is 0 Å². The molecule has 0 fully saturated rings. The number of ether oxygens (including phenoxy) is 6. The molecule has 0 aliphatic rings. The van der Waals surface area contributed by atoms with Gasteiger partial charge in [0.2, 0.25) is 0 Å². The van der Waals surface area contributed by atoms with E-state index >= 15 is 4.79 Å². The highest BCUT2D eigenvalue weighted by Gasteiger charge is 2.50. The van der Waals surface area contributed by atoms with Gasteiger partial charge in [0.1, 0.15) is 47.7 Å². The summed E-state index contributed by atoms with van der Waals surface area (Å²) in [6, 6.07) is 22.6. The molecule has 0 saturated heterocycles. The molecule has 0 aliphatic heterocycles. The first-order valence-corrected chi connectivity index (χ1v) is 46.3. The molecule has 19 heteroatoms. The molecule has 18 nitrogen and oxygen atoms in total. The first-order chi connectivity index (χ1) is 57.2. The quantitative estimate of drug-likeness (QED) is 0.00966. The van der Waals surface area contributed by atoms with E-state index in [0.717, 1.165) is 27.8 Å². The number of rotatable bonds is 33. The lowest BCUT2D eigenvalue weighted by atomic mass is 9.69. The van der Waals surface area contributed by atoms with Crippen molar-refractivity contribution in [2.75, 3.05) is 24.7 Å².